The van der Waals surface area contributed by atoms with E-state index in [1.807, 2.05) is 31.2 Å². The maximum absolute atomic E-state index is 10.8. The smallest absolute Gasteiger partial charge is 0.230 e. The summed E-state index contributed by atoms with van der Waals surface area (Å²) in [6.45, 7) is 4.74. The minimum Gasteiger partial charge on any atom is -0.496 e. The molecule has 25 heavy (non-hydrogen) atoms. The first-order chi connectivity index (χ1) is 12.2. The van der Waals surface area contributed by atoms with Gasteiger partial charge in [-0.1, -0.05) is 29.5 Å². The summed E-state index contributed by atoms with van der Waals surface area (Å²) in [5.41, 5.74) is 1.02. The molecule has 0 saturated carbocycles. The van der Waals surface area contributed by atoms with Crippen molar-refractivity contribution in [2.45, 2.75) is 13.0 Å². The number of benzene rings is 1. The van der Waals surface area contributed by atoms with E-state index in [4.69, 9.17) is 9.47 Å². The predicted octanol–water partition coefficient (Wildman–Crippen LogP) is 2.24. The van der Waals surface area contributed by atoms with Crippen LogP contribution in [0.3, 0.4) is 0 Å². The van der Waals surface area contributed by atoms with Gasteiger partial charge in [-0.3, -0.25) is 4.90 Å². The average Bonchev–Trinajstić information content (AvgIpc) is 3.14. The lowest BCUT2D eigenvalue weighted by atomic mass is 10.0. The second-order valence-electron chi connectivity index (χ2n) is 5.94. The quantitative estimate of drug-likeness (QED) is 0.769. The van der Waals surface area contributed by atoms with Crippen LogP contribution in [0.5, 0.6) is 11.6 Å². The highest BCUT2D eigenvalue weighted by Gasteiger charge is 2.32. The van der Waals surface area contributed by atoms with Crippen LogP contribution in [0.15, 0.2) is 24.3 Å². The van der Waals surface area contributed by atoms with E-state index in [9.17, 15) is 5.11 Å². The number of nitrogens with zero attached hydrogens (tertiary/aromatic N) is 4. The van der Waals surface area contributed by atoms with Gasteiger partial charge >= 0.3 is 0 Å². The van der Waals surface area contributed by atoms with Crippen molar-refractivity contribution in [1.29, 1.82) is 0 Å². The van der Waals surface area contributed by atoms with Crippen LogP contribution in [0, 0.1) is 6.92 Å². The van der Waals surface area contributed by atoms with Crippen LogP contribution in [0.25, 0.3) is 4.96 Å². The van der Waals surface area contributed by atoms with E-state index in [-0.39, 0.29) is 11.9 Å². The Morgan fingerprint density at radius 2 is 2.04 bits per heavy atom. The van der Waals surface area contributed by atoms with Gasteiger partial charge in [-0.05, 0) is 13.0 Å². The summed E-state index contributed by atoms with van der Waals surface area (Å²) in [7, 11) is 1.67. The maximum atomic E-state index is 10.8. The molecule has 4 rings (SSSR count). The summed E-state index contributed by atoms with van der Waals surface area (Å²) >= 11 is 1.46. The molecule has 0 aliphatic carbocycles. The standard InChI is InChI=1S/C17H20N4O3S/c1-11-18-17-21(19-11)16(22)15(25-17)14(20-7-9-24-10-8-20)12-5-3-4-6-13(12)23-2/h3-6,14,22H,7-10H2,1-2H3/t14-/m0/s1. The topological polar surface area (TPSA) is 72.1 Å². The molecule has 1 aliphatic rings. The molecule has 132 valence electrons. The lowest BCUT2D eigenvalue weighted by molar-refractivity contribution is 0.0237. The highest BCUT2D eigenvalue weighted by atomic mass is 32.1. The molecule has 3 aromatic rings. The minimum absolute atomic E-state index is 0.131. The third-order valence-corrected chi connectivity index (χ3v) is 5.47. The third-order valence-electron chi connectivity index (χ3n) is 4.40. The molecule has 1 fully saturated rings. The van der Waals surface area contributed by atoms with E-state index < -0.39 is 0 Å². The first-order valence-electron chi connectivity index (χ1n) is 8.18. The van der Waals surface area contributed by atoms with Gasteiger partial charge in [0, 0.05) is 18.7 Å². The molecule has 1 aliphatic heterocycles. The lowest BCUT2D eigenvalue weighted by Gasteiger charge is -2.34. The molecule has 0 unspecified atom stereocenters. The fourth-order valence-corrected chi connectivity index (χ4v) is 4.41. The molecule has 0 bridgehead atoms. The van der Waals surface area contributed by atoms with Gasteiger partial charge in [0.1, 0.15) is 11.6 Å². The second kappa shape index (κ2) is 6.62. The van der Waals surface area contributed by atoms with E-state index in [0.29, 0.717) is 24.0 Å². The molecule has 3 heterocycles. The predicted molar refractivity (Wildman–Crippen MR) is 94.5 cm³/mol. The van der Waals surface area contributed by atoms with Crippen LogP contribution >= 0.6 is 11.3 Å². The molecule has 2 aromatic heterocycles. The SMILES string of the molecule is COc1ccccc1[C@@H](c1sc2nc(C)nn2c1O)N1CCOCC1. The number of aryl methyl sites for hydroxylation is 1. The zero-order valence-electron chi connectivity index (χ0n) is 14.2. The fourth-order valence-electron chi connectivity index (χ4n) is 3.26. The second-order valence-corrected chi connectivity index (χ2v) is 6.95. The Morgan fingerprint density at radius 1 is 1.28 bits per heavy atom. The van der Waals surface area contributed by atoms with Crippen LogP contribution in [0.1, 0.15) is 22.3 Å². The number of methoxy groups -OCH3 is 1. The molecule has 0 amide bonds. The van der Waals surface area contributed by atoms with Crippen LogP contribution < -0.4 is 4.74 Å². The maximum Gasteiger partial charge on any atom is 0.230 e. The number of fused-ring (bicyclic) bond motifs is 1. The summed E-state index contributed by atoms with van der Waals surface area (Å²) in [5, 5.41) is 15.1. The number of rotatable bonds is 4. The van der Waals surface area contributed by atoms with Crippen LogP contribution in [0.4, 0.5) is 0 Å². The Bertz CT molecular complexity index is 885. The van der Waals surface area contributed by atoms with Gasteiger partial charge in [0.25, 0.3) is 0 Å². The van der Waals surface area contributed by atoms with Crippen molar-refractivity contribution in [2.75, 3.05) is 33.4 Å². The van der Waals surface area contributed by atoms with Crippen molar-refractivity contribution in [3.8, 4) is 11.6 Å². The molecule has 1 saturated heterocycles. The Labute approximate surface area is 149 Å². The third kappa shape index (κ3) is 2.86. The number of hydrogen-bond donors (Lipinski definition) is 1. The van der Waals surface area contributed by atoms with Gasteiger partial charge in [0.15, 0.2) is 0 Å². The van der Waals surface area contributed by atoms with Crippen molar-refractivity contribution in [3.63, 3.8) is 0 Å². The van der Waals surface area contributed by atoms with Crippen molar-refractivity contribution >= 4 is 16.3 Å². The van der Waals surface area contributed by atoms with E-state index in [0.717, 1.165) is 29.3 Å². The van der Waals surface area contributed by atoms with Crippen molar-refractivity contribution in [2.24, 2.45) is 0 Å². The van der Waals surface area contributed by atoms with Gasteiger partial charge < -0.3 is 14.6 Å². The molecular weight excluding hydrogens is 340 g/mol. The number of aromatic hydroxyl groups is 1. The Morgan fingerprint density at radius 3 is 2.76 bits per heavy atom. The van der Waals surface area contributed by atoms with Crippen LogP contribution in [-0.4, -0.2) is 58.0 Å². The fraction of sp³-hybridized carbons (Fsp3) is 0.412. The number of aromatic nitrogens is 3. The molecule has 0 spiro atoms. The molecule has 0 radical (unpaired) electrons. The molecular formula is C17H20N4O3S. The van der Waals surface area contributed by atoms with Gasteiger partial charge in [-0.15, -0.1) is 5.10 Å². The van der Waals surface area contributed by atoms with Gasteiger partial charge in [-0.2, -0.15) is 4.52 Å². The number of hydrogen-bond acceptors (Lipinski definition) is 7. The van der Waals surface area contributed by atoms with Crippen molar-refractivity contribution < 1.29 is 14.6 Å². The number of ether oxygens (including phenoxy) is 2. The number of para-hydroxylation sites is 1. The number of morpholine rings is 1. The first kappa shape index (κ1) is 16.3. The summed E-state index contributed by atoms with van der Waals surface area (Å²) in [6, 6.07) is 7.79. The Kier molecular flexibility index (Phi) is 4.32. The lowest BCUT2D eigenvalue weighted by Crippen LogP contribution is -2.39. The molecule has 7 nitrogen and oxygen atoms in total. The van der Waals surface area contributed by atoms with E-state index >= 15 is 0 Å². The van der Waals surface area contributed by atoms with E-state index in [2.05, 4.69) is 15.0 Å². The minimum atomic E-state index is -0.131. The highest BCUT2D eigenvalue weighted by molar-refractivity contribution is 7.17. The molecule has 1 aromatic carbocycles. The summed E-state index contributed by atoms with van der Waals surface area (Å²) < 4.78 is 12.6. The summed E-state index contributed by atoms with van der Waals surface area (Å²) in [4.78, 5) is 8.21. The van der Waals surface area contributed by atoms with Crippen molar-refractivity contribution in [3.05, 3.63) is 40.5 Å². The first-order valence-corrected chi connectivity index (χ1v) is 9.00. The monoisotopic (exact) mass is 360 g/mol. The molecule has 1 atom stereocenters. The Balaban J connectivity index is 1.86. The Hall–Kier alpha value is -2.16. The van der Waals surface area contributed by atoms with Crippen LogP contribution in [-0.2, 0) is 4.74 Å². The van der Waals surface area contributed by atoms with E-state index in [1.54, 1.807) is 7.11 Å². The highest BCUT2D eigenvalue weighted by Crippen LogP contribution is 2.42. The average molecular weight is 360 g/mol. The zero-order valence-corrected chi connectivity index (χ0v) is 15.0. The van der Waals surface area contributed by atoms with Crippen molar-refractivity contribution in [1.82, 2.24) is 19.5 Å². The van der Waals surface area contributed by atoms with Gasteiger partial charge in [-0.25, -0.2) is 4.98 Å². The molecule has 1 N–H and O–H groups in total. The summed E-state index contributed by atoms with van der Waals surface area (Å²) in [5.74, 6) is 1.59. The van der Waals surface area contributed by atoms with Crippen LogP contribution in [0.2, 0.25) is 0 Å². The van der Waals surface area contributed by atoms with Gasteiger partial charge in [0.05, 0.1) is 31.2 Å². The van der Waals surface area contributed by atoms with E-state index in [1.165, 1.54) is 15.9 Å². The largest absolute Gasteiger partial charge is 0.496 e. The number of thiazole rings is 1. The zero-order chi connectivity index (χ0) is 17.4. The summed E-state index contributed by atoms with van der Waals surface area (Å²) in [6.07, 6.45) is 0. The van der Waals surface area contributed by atoms with Gasteiger partial charge in [0.2, 0.25) is 10.8 Å². The normalized spacial score (nSPS) is 17.0. The molecule has 8 heteroatoms.